The predicted molar refractivity (Wildman–Crippen MR) is 196 cm³/mol. The van der Waals surface area contributed by atoms with Gasteiger partial charge in [-0.05, 0) is 78.1 Å². The zero-order valence-electron chi connectivity index (χ0n) is 27.2. The Labute approximate surface area is 288 Å². The van der Waals surface area contributed by atoms with Gasteiger partial charge < -0.3 is 15.0 Å². The van der Waals surface area contributed by atoms with E-state index in [2.05, 4.69) is 33.3 Å². The molecule has 0 radical (unpaired) electrons. The van der Waals surface area contributed by atoms with Gasteiger partial charge in [-0.3, -0.25) is 9.78 Å². The molecule has 3 aromatic heterocycles. The first-order chi connectivity index (χ1) is 23.8. The molecule has 0 aliphatic heterocycles. The predicted octanol–water partition coefficient (Wildman–Crippen LogP) is 10.1. The Bertz CT molecular complexity index is 2340. The average Bonchev–Trinajstić information content (AvgIpc) is 3.11. The molecular weight excluding hydrogens is 637 g/mol. The third-order valence-electron chi connectivity index (χ3n) is 8.35. The van der Waals surface area contributed by atoms with Crippen molar-refractivity contribution in [2.75, 3.05) is 12.4 Å². The minimum Gasteiger partial charge on any atom is -0.496 e. The molecule has 9 heteroatoms. The summed E-state index contributed by atoms with van der Waals surface area (Å²) in [7, 11) is 1.64. The number of nitrogens with one attached hydrogen (secondary N) is 2. The van der Waals surface area contributed by atoms with Gasteiger partial charge >= 0.3 is 0 Å². The highest BCUT2D eigenvalue weighted by atomic mass is 19.1. The van der Waals surface area contributed by atoms with Crippen LogP contribution in [0.4, 0.5) is 24.7 Å². The van der Waals surface area contributed by atoms with Crippen LogP contribution in [0.25, 0.3) is 32.9 Å². The van der Waals surface area contributed by atoms with Crippen molar-refractivity contribution < 1.29 is 17.9 Å². The fourth-order valence-corrected chi connectivity index (χ4v) is 5.69. The second-order valence-electron chi connectivity index (χ2n) is 11.5. The molecular formula is C41H37F3N4O2. The van der Waals surface area contributed by atoms with Crippen LogP contribution in [-0.2, 0) is 12.8 Å². The Morgan fingerprint density at radius 1 is 0.780 bits per heavy atom. The minimum absolute atomic E-state index is 0. The van der Waals surface area contributed by atoms with Crippen LogP contribution in [0, 0.1) is 24.4 Å². The number of benzene rings is 4. The fraction of sp³-hybridized carbons (Fsp3) is 0.146. The van der Waals surface area contributed by atoms with Gasteiger partial charge in [-0.25, -0.2) is 18.2 Å². The number of nitrogens with zero attached hydrogens (tertiary/aromatic N) is 2. The molecule has 0 amide bonds. The van der Waals surface area contributed by atoms with Gasteiger partial charge in [0.05, 0.1) is 23.5 Å². The lowest BCUT2D eigenvalue weighted by atomic mass is 9.98. The Morgan fingerprint density at radius 2 is 1.52 bits per heavy atom. The number of H-pyrrole nitrogens is 1. The molecule has 3 heterocycles. The molecule has 0 bridgehead atoms. The molecule has 7 rings (SSSR count). The molecule has 0 saturated carbocycles. The third kappa shape index (κ3) is 7.37. The second-order valence-corrected chi connectivity index (χ2v) is 11.5. The lowest BCUT2D eigenvalue weighted by Crippen LogP contribution is -2.10. The van der Waals surface area contributed by atoms with E-state index < -0.39 is 11.6 Å². The van der Waals surface area contributed by atoms with E-state index in [1.165, 1.54) is 24.4 Å². The zero-order valence-corrected chi connectivity index (χ0v) is 27.2. The highest BCUT2D eigenvalue weighted by Gasteiger charge is 2.16. The van der Waals surface area contributed by atoms with Crippen molar-refractivity contribution in [3.8, 4) is 16.9 Å². The number of rotatable bonds is 7. The van der Waals surface area contributed by atoms with E-state index in [1.807, 2.05) is 18.2 Å². The van der Waals surface area contributed by atoms with Gasteiger partial charge in [0, 0.05) is 53.3 Å². The van der Waals surface area contributed by atoms with Crippen molar-refractivity contribution >= 4 is 33.3 Å². The Balaban J connectivity index is 0.000000477. The van der Waals surface area contributed by atoms with Crippen molar-refractivity contribution in [1.82, 2.24) is 15.0 Å². The van der Waals surface area contributed by atoms with Crippen LogP contribution in [-0.4, -0.2) is 22.1 Å². The average molecular weight is 675 g/mol. The number of aromatic amines is 1. The monoisotopic (exact) mass is 674 g/mol. The molecule has 2 N–H and O–H groups in total. The van der Waals surface area contributed by atoms with E-state index in [1.54, 1.807) is 75.0 Å². The van der Waals surface area contributed by atoms with Crippen LogP contribution < -0.4 is 15.5 Å². The van der Waals surface area contributed by atoms with Crippen molar-refractivity contribution in [2.45, 2.75) is 34.1 Å². The van der Waals surface area contributed by atoms with Crippen LogP contribution in [0.15, 0.2) is 114 Å². The molecule has 4 aromatic carbocycles. The lowest BCUT2D eigenvalue weighted by molar-refractivity contribution is 0.410. The molecule has 0 atom stereocenters. The Kier molecular flexibility index (Phi) is 11.0. The smallest absolute Gasteiger partial charge is 0.201 e. The summed E-state index contributed by atoms with van der Waals surface area (Å²) < 4.78 is 47.7. The van der Waals surface area contributed by atoms with Crippen LogP contribution in [0.2, 0.25) is 0 Å². The molecule has 0 fully saturated rings. The molecule has 0 saturated heterocycles. The van der Waals surface area contributed by atoms with Gasteiger partial charge in [0.2, 0.25) is 5.43 Å². The minimum atomic E-state index is -0.500. The molecule has 0 aliphatic carbocycles. The zero-order chi connectivity index (χ0) is 34.5. The topological polar surface area (TPSA) is 79.9 Å². The van der Waals surface area contributed by atoms with Gasteiger partial charge in [-0.1, -0.05) is 56.8 Å². The summed E-state index contributed by atoms with van der Waals surface area (Å²) in [6.45, 7) is 3.81. The summed E-state index contributed by atoms with van der Waals surface area (Å²) in [6.07, 6.45) is 5.93. The highest BCUT2D eigenvalue weighted by molar-refractivity contribution is 5.93. The molecule has 7 aromatic rings. The van der Waals surface area contributed by atoms with Gasteiger partial charge in [0.25, 0.3) is 0 Å². The maximum absolute atomic E-state index is 15.4. The van der Waals surface area contributed by atoms with Gasteiger partial charge in [0.1, 0.15) is 29.0 Å². The number of halogens is 3. The number of hydrogen-bond donors (Lipinski definition) is 2. The standard InChI is InChI=1S/C33H26F2N4O2.C7H7F.CH4/c1-3-19-15-24-20(10-12-36-29(24)17-30(19)41-2)14-21-8-9-22(16-27(21)35)39-33-31-28(11-13-37-33)38-18-25(32(31)40)23-6-4-5-7-26(23)34;1-6-4-2-3-5-7(6)8;/h4-13,15-18H,3,14H2,1-2H3,(H,37,39)(H,38,40);2-5H,1H3;1H4. The highest BCUT2D eigenvalue weighted by Crippen LogP contribution is 2.30. The number of pyridine rings is 3. The van der Waals surface area contributed by atoms with E-state index >= 15 is 4.39 Å². The van der Waals surface area contributed by atoms with Crippen LogP contribution >= 0.6 is 0 Å². The molecule has 0 aliphatic rings. The lowest BCUT2D eigenvalue weighted by Gasteiger charge is -2.13. The number of anilines is 2. The van der Waals surface area contributed by atoms with E-state index in [4.69, 9.17) is 4.74 Å². The second kappa shape index (κ2) is 15.5. The van der Waals surface area contributed by atoms with Crippen LogP contribution in [0.1, 0.15) is 36.6 Å². The largest absolute Gasteiger partial charge is 0.496 e. The van der Waals surface area contributed by atoms with Crippen molar-refractivity contribution in [2.24, 2.45) is 0 Å². The quantitative estimate of drug-likeness (QED) is 0.176. The number of methoxy groups -OCH3 is 1. The molecule has 254 valence electrons. The van der Waals surface area contributed by atoms with Crippen molar-refractivity contribution in [3.05, 3.63) is 160 Å². The summed E-state index contributed by atoms with van der Waals surface area (Å²) in [5.41, 5.74) is 4.96. The van der Waals surface area contributed by atoms with E-state index in [9.17, 15) is 13.6 Å². The van der Waals surface area contributed by atoms with E-state index in [-0.39, 0.29) is 41.0 Å². The van der Waals surface area contributed by atoms with E-state index in [0.717, 1.165) is 34.2 Å². The maximum atomic E-state index is 15.4. The number of hydrogen-bond acceptors (Lipinski definition) is 5. The molecule has 50 heavy (non-hydrogen) atoms. The summed E-state index contributed by atoms with van der Waals surface area (Å²) in [5, 5.41) is 4.29. The number of ether oxygens (including phenoxy) is 1. The Hall–Kier alpha value is -5.96. The summed E-state index contributed by atoms with van der Waals surface area (Å²) in [5.74, 6) is 0.00162. The number of aryl methyl sites for hydroxylation is 2. The van der Waals surface area contributed by atoms with Crippen molar-refractivity contribution in [1.29, 1.82) is 0 Å². The number of fused-ring (bicyclic) bond motifs is 2. The molecule has 0 spiro atoms. The summed E-state index contributed by atoms with van der Waals surface area (Å²) in [4.78, 5) is 25.3. The fourth-order valence-electron chi connectivity index (χ4n) is 5.69. The van der Waals surface area contributed by atoms with Crippen LogP contribution in [0.3, 0.4) is 0 Å². The van der Waals surface area contributed by atoms with E-state index in [0.29, 0.717) is 28.8 Å². The maximum Gasteiger partial charge on any atom is 0.201 e. The van der Waals surface area contributed by atoms with Gasteiger partial charge in [-0.2, -0.15) is 0 Å². The van der Waals surface area contributed by atoms with Crippen LogP contribution in [0.5, 0.6) is 5.75 Å². The molecule has 6 nitrogen and oxygen atoms in total. The SMILES string of the molecule is C.CCc1cc2c(Cc3ccc(Nc4nccc5[nH]cc(-c6ccccc6F)c(=O)c45)cc3F)ccnc2cc1OC.Cc1ccccc1F. The summed E-state index contributed by atoms with van der Waals surface area (Å²) in [6, 6.07) is 25.2. The first-order valence-electron chi connectivity index (χ1n) is 15.7. The Morgan fingerprint density at radius 3 is 2.20 bits per heavy atom. The summed E-state index contributed by atoms with van der Waals surface area (Å²) >= 11 is 0. The number of aromatic nitrogens is 3. The van der Waals surface area contributed by atoms with Gasteiger partial charge in [-0.15, -0.1) is 0 Å². The third-order valence-corrected chi connectivity index (χ3v) is 8.35. The van der Waals surface area contributed by atoms with Gasteiger partial charge in [0.15, 0.2) is 0 Å². The molecule has 0 unspecified atom stereocenters. The van der Waals surface area contributed by atoms with Crippen molar-refractivity contribution in [3.63, 3.8) is 0 Å². The normalized spacial score (nSPS) is 10.7. The first-order valence-corrected chi connectivity index (χ1v) is 15.7. The first kappa shape index (κ1) is 35.3.